The minimum atomic E-state index is -0.215. The Balaban J connectivity index is 2.04. The lowest BCUT2D eigenvalue weighted by atomic mass is 10.1. The molecule has 0 unspecified atom stereocenters. The monoisotopic (exact) mass is 329 g/mol. The Morgan fingerprint density at radius 2 is 1.91 bits per heavy atom. The van der Waals surface area contributed by atoms with Gasteiger partial charge in [-0.15, -0.1) is 0 Å². The summed E-state index contributed by atoms with van der Waals surface area (Å²) < 4.78 is 5.38. The summed E-state index contributed by atoms with van der Waals surface area (Å²) in [7, 11) is 0. The fourth-order valence-corrected chi connectivity index (χ4v) is 2.62. The number of hydrogen-bond acceptors (Lipinski definition) is 2. The average Bonchev–Trinajstić information content (AvgIpc) is 2.50. The van der Waals surface area contributed by atoms with Gasteiger partial charge in [0.2, 0.25) is 5.91 Å². The lowest BCUT2D eigenvalue weighted by molar-refractivity contribution is -0.111. The molecule has 4 heteroatoms. The maximum atomic E-state index is 12.1. The molecular formula is C19H20ClNO2. The number of halogens is 1. The van der Waals surface area contributed by atoms with E-state index in [1.54, 1.807) is 6.08 Å². The summed E-state index contributed by atoms with van der Waals surface area (Å²) in [6, 6.07) is 11.4. The summed E-state index contributed by atoms with van der Waals surface area (Å²) in [4.78, 5) is 12.1. The minimum Gasteiger partial charge on any atom is -0.494 e. The normalized spacial score (nSPS) is 10.8. The lowest BCUT2D eigenvalue weighted by Crippen LogP contribution is -2.09. The van der Waals surface area contributed by atoms with Crippen LogP contribution in [-0.4, -0.2) is 12.5 Å². The highest BCUT2D eigenvalue weighted by Gasteiger charge is 2.07. The van der Waals surface area contributed by atoms with Crippen molar-refractivity contribution in [1.82, 2.24) is 0 Å². The lowest BCUT2D eigenvalue weighted by Gasteiger charge is -2.10. The van der Waals surface area contributed by atoms with Crippen molar-refractivity contribution in [3.63, 3.8) is 0 Å². The van der Waals surface area contributed by atoms with Gasteiger partial charge in [-0.25, -0.2) is 0 Å². The number of rotatable bonds is 5. The quantitative estimate of drug-likeness (QED) is 0.783. The van der Waals surface area contributed by atoms with Gasteiger partial charge in [0.15, 0.2) is 0 Å². The highest BCUT2D eigenvalue weighted by atomic mass is 35.5. The van der Waals surface area contributed by atoms with Crippen LogP contribution >= 0.6 is 11.6 Å². The van der Waals surface area contributed by atoms with Gasteiger partial charge in [-0.3, -0.25) is 4.79 Å². The molecule has 0 radical (unpaired) electrons. The first-order valence-electron chi connectivity index (χ1n) is 7.48. The minimum absolute atomic E-state index is 0.215. The van der Waals surface area contributed by atoms with Crippen LogP contribution in [0.5, 0.6) is 5.75 Å². The highest BCUT2D eigenvalue weighted by Crippen LogP contribution is 2.27. The van der Waals surface area contributed by atoms with Crippen molar-refractivity contribution in [2.24, 2.45) is 0 Å². The average molecular weight is 330 g/mol. The van der Waals surface area contributed by atoms with Gasteiger partial charge in [-0.05, 0) is 61.7 Å². The van der Waals surface area contributed by atoms with Crippen LogP contribution < -0.4 is 10.1 Å². The van der Waals surface area contributed by atoms with Crippen molar-refractivity contribution < 1.29 is 9.53 Å². The number of benzene rings is 2. The molecule has 0 saturated carbocycles. The first-order valence-corrected chi connectivity index (χ1v) is 7.86. The fourth-order valence-electron chi connectivity index (χ4n) is 2.25. The number of anilines is 1. The van der Waals surface area contributed by atoms with Gasteiger partial charge in [0, 0.05) is 6.08 Å². The molecule has 2 rings (SSSR count). The van der Waals surface area contributed by atoms with Crippen molar-refractivity contribution in [2.45, 2.75) is 20.8 Å². The third kappa shape index (κ3) is 4.86. The Kier molecular flexibility index (Phi) is 5.83. The Bertz CT molecular complexity index is 698. The van der Waals surface area contributed by atoms with Crippen LogP contribution in [0.4, 0.5) is 5.69 Å². The highest BCUT2D eigenvalue weighted by molar-refractivity contribution is 6.34. The number of hydrogen-bond donors (Lipinski definition) is 1. The van der Waals surface area contributed by atoms with Gasteiger partial charge < -0.3 is 10.1 Å². The van der Waals surface area contributed by atoms with E-state index in [4.69, 9.17) is 16.3 Å². The van der Waals surface area contributed by atoms with E-state index in [9.17, 15) is 4.79 Å². The van der Waals surface area contributed by atoms with Crippen LogP contribution in [0.2, 0.25) is 5.02 Å². The zero-order valence-electron chi connectivity index (χ0n) is 13.5. The van der Waals surface area contributed by atoms with E-state index in [1.165, 1.54) is 6.08 Å². The number of aryl methyl sites for hydroxylation is 2. The number of ether oxygens (including phenoxy) is 1. The SMILES string of the molecule is CCOc1ccc(/C=C/C(=O)Nc2c(C)cc(C)cc2Cl)cc1. The van der Waals surface area contributed by atoms with E-state index in [1.807, 2.05) is 57.2 Å². The summed E-state index contributed by atoms with van der Waals surface area (Å²) in [5.41, 5.74) is 3.59. The van der Waals surface area contributed by atoms with Gasteiger partial charge in [0.05, 0.1) is 17.3 Å². The summed E-state index contributed by atoms with van der Waals surface area (Å²) in [6.45, 7) is 6.46. The number of nitrogens with one attached hydrogen (secondary N) is 1. The van der Waals surface area contributed by atoms with E-state index in [-0.39, 0.29) is 5.91 Å². The molecule has 0 aromatic heterocycles. The Labute approximate surface area is 141 Å². The second-order valence-electron chi connectivity index (χ2n) is 5.26. The smallest absolute Gasteiger partial charge is 0.248 e. The molecule has 1 N–H and O–H groups in total. The standard InChI is InChI=1S/C19H20ClNO2/c1-4-23-16-8-5-15(6-9-16)7-10-18(22)21-19-14(3)11-13(2)12-17(19)20/h5-12H,4H2,1-3H3,(H,21,22)/b10-7+. The zero-order chi connectivity index (χ0) is 16.8. The topological polar surface area (TPSA) is 38.3 Å². The van der Waals surface area contributed by atoms with E-state index in [0.717, 1.165) is 22.4 Å². The van der Waals surface area contributed by atoms with Crippen molar-refractivity contribution in [1.29, 1.82) is 0 Å². The molecule has 0 spiro atoms. The first kappa shape index (κ1) is 17.1. The maximum absolute atomic E-state index is 12.1. The third-order valence-electron chi connectivity index (χ3n) is 3.30. The van der Waals surface area contributed by atoms with E-state index >= 15 is 0 Å². The van der Waals surface area contributed by atoms with Crippen LogP contribution in [0.3, 0.4) is 0 Å². The summed E-state index contributed by atoms with van der Waals surface area (Å²) in [6.07, 6.45) is 3.24. The van der Waals surface area contributed by atoms with Gasteiger partial charge in [-0.1, -0.05) is 29.8 Å². The van der Waals surface area contributed by atoms with Crippen LogP contribution in [0, 0.1) is 13.8 Å². The van der Waals surface area contributed by atoms with E-state index in [2.05, 4.69) is 5.32 Å². The predicted molar refractivity (Wildman–Crippen MR) is 96.2 cm³/mol. The molecule has 1 amide bonds. The van der Waals surface area contributed by atoms with Gasteiger partial charge in [0.1, 0.15) is 5.75 Å². The molecule has 0 atom stereocenters. The number of carbonyl (C=O) groups excluding carboxylic acids is 1. The molecule has 0 fully saturated rings. The van der Waals surface area contributed by atoms with Crippen molar-refractivity contribution in [3.05, 3.63) is 64.2 Å². The molecular weight excluding hydrogens is 310 g/mol. The molecule has 0 bridgehead atoms. The maximum Gasteiger partial charge on any atom is 0.248 e. The molecule has 0 aliphatic carbocycles. The van der Waals surface area contributed by atoms with Crippen LogP contribution in [0.25, 0.3) is 6.08 Å². The predicted octanol–water partition coefficient (Wildman–Crippen LogP) is 5.01. The molecule has 23 heavy (non-hydrogen) atoms. The number of carbonyl (C=O) groups is 1. The third-order valence-corrected chi connectivity index (χ3v) is 3.60. The van der Waals surface area contributed by atoms with Crippen molar-refractivity contribution >= 4 is 29.3 Å². The van der Waals surface area contributed by atoms with Crippen LogP contribution in [0.1, 0.15) is 23.6 Å². The first-order chi connectivity index (χ1) is 11.0. The zero-order valence-corrected chi connectivity index (χ0v) is 14.3. The Hall–Kier alpha value is -2.26. The molecule has 0 aliphatic heterocycles. The van der Waals surface area contributed by atoms with Gasteiger partial charge >= 0.3 is 0 Å². The van der Waals surface area contributed by atoms with E-state index < -0.39 is 0 Å². The molecule has 2 aromatic carbocycles. The molecule has 120 valence electrons. The summed E-state index contributed by atoms with van der Waals surface area (Å²) >= 11 is 6.19. The van der Waals surface area contributed by atoms with E-state index in [0.29, 0.717) is 17.3 Å². The number of amides is 1. The Morgan fingerprint density at radius 1 is 1.22 bits per heavy atom. The van der Waals surface area contributed by atoms with Crippen LogP contribution in [0.15, 0.2) is 42.5 Å². The fraction of sp³-hybridized carbons (Fsp3) is 0.211. The molecule has 0 aliphatic rings. The second kappa shape index (κ2) is 7.84. The second-order valence-corrected chi connectivity index (χ2v) is 5.67. The largest absolute Gasteiger partial charge is 0.494 e. The molecule has 3 nitrogen and oxygen atoms in total. The van der Waals surface area contributed by atoms with Crippen LogP contribution in [-0.2, 0) is 4.79 Å². The van der Waals surface area contributed by atoms with Crippen molar-refractivity contribution in [2.75, 3.05) is 11.9 Å². The molecule has 0 heterocycles. The molecule has 0 saturated heterocycles. The summed E-state index contributed by atoms with van der Waals surface area (Å²) in [5.74, 6) is 0.601. The summed E-state index contributed by atoms with van der Waals surface area (Å²) in [5, 5.41) is 3.37. The van der Waals surface area contributed by atoms with Gasteiger partial charge in [0.25, 0.3) is 0 Å². The van der Waals surface area contributed by atoms with Gasteiger partial charge in [-0.2, -0.15) is 0 Å². The molecule has 2 aromatic rings. The Morgan fingerprint density at radius 3 is 2.52 bits per heavy atom. The van der Waals surface area contributed by atoms with Crippen molar-refractivity contribution in [3.8, 4) is 5.75 Å².